The predicted octanol–water partition coefficient (Wildman–Crippen LogP) is 4.29. The van der Waals surface area contributed by atoms with E-state index in [2.05, 4.69) is 40.9 Å². The smallest absolute Gasteiger partial charge is 0.223 e. The van der Waals surface area contributed by atoms with Gasteiger partial charge in [-0.15, -0.1) is 0 Å². The van der Waals surface area contributed by atoms with Gasteiger partial charge in [0.1, 0.15) is 0 Å². The second-order valence-corrected chi connectivity index (χ2v) is 7.65. The van der Waals surface area contributed by atoms with Crippen molar-refractivity contribution in [1.82, 2.24) is 10.2 Å². The molecule has 130 valence electrons. The first-order chi connectivity index (χ1) is 11.2. The summed E-state index contributed by atoms with van der Waals surface area (Å²) in [6.07, 6.45) is 6.66. The number of hydrogen-bond donors (Lipinski definition) is 1. The Morgan fingerprint density at radius 1 is 1.30 bits per heavy atom. The zero-order valence-electron chi connectivity index (χ0n) is 14.7. The molecule has 0 radical (unpaired) electrons. The van der Waals surface area contributed by atoms with Crippen molar-refractivity contribution in [1.29, 1.82) is 0 Å². The van der Waals surface area contributed by atoms with Crippen LogP contribution in [0.4, 0.5) is 0 Å². The van der Waals surface area contributed by atoms with Crippen LogP contribution in [0.3, 0.4) is 0 Å². The molecular formula is C19H32N2OS. The highest BCUT2D eigenvalue weighted by molar-refractivity contribution is 7.07. The Balaban J connectivity index is 1.66. The van der Waals surface area contributed by atoms with E-state index in [4.69, 9.17) is 0 Å². The Morgan fingerprint density at radius 2 is 2.00 bits per heavy atom. The van der Waals surface area contributed by atoms with Crippen LogP contribution in [-0.4, -0.2) is 30.4 Å². The van der Waals surface area contributed by atoms with Crippen molar-refractivity contribution >= 4 is 17.2 Å². The summed E-state index contributed by atoms with van der Waals surface area (Å²) in [6, 6.07) is 2.22. The Hall–Kier alpha value is -0.870. The molecule has 1 N–H and O–H groups in total. The topological polar surface area (TPSA) is 32.3 Å². The van der Waals surface area contributed by atoms with Crippen molar-refractivity contribution in [3.05, 3.63) is 22.4 Å². The number of likely N-dealkylation sites (tertiary alicyclic amines) is 1. The fourth-order valence-corrected chi connectivity index (χ4v) is 4.14. The molecule has 1 fully saturated rings. The van der Waals surface area contributed by atoms with Crippen molar-refractivity contribution in [2.45, 2.75) is 58.9 Å². The Morgan fingerprint density at radius 3 is 2.57 bits per heavy atom. The summed E-state index contributed by atoms with van der Waals surface area (Å²) < 4.78 is 0. The van der Waals surface area contributed by atoms with Crippen molar-refractivity contribution in [2.24, 2.45) is 11.8 Å². The van der Waals surface area contributed by atoms with Gasteiger partial charge in [-0.25, -0.2) is 0 Å². The van der Waals surface area contributed by atoms with Crippen LogP contribution in [0.15, 0.2) is 16.8 Å². The van der Waals surface area contributed by atoms with E-state index in [1.54, 1.807) is 11.3 Å². The van der Waals surface area contributed by atoms with E-state index >= 15 is 0 Å². The van der Waals surface area contributed by atoms with E-state index < -0.39 is 0 Å². The molecule has 23 heavy (non-hydrogen) atoms. The molecule has 1 aromatic heterocycles. The van der Waals surface area contributed by atoms with E-state index in [0.29, 0.717) is 5.92 Å². The van der Waals surface area contributed by atoms with Gasteiger partial charge >= 0.3 is 0 Å². The number of carbonyl (C=O) groups excluding carboxylic acids is 1. The summed E-state index contributed by atoms with van der Waals surface area (Å²) in [6.45, 7) is 8.60. The lowest BCUT2D eigenvalue weighted by atomic mass is 9.94. The number of rotatable bonds is 9. The molecule has 1 aliphatic rings. The van der Waals surface area contributed by atoms with Crippen molar-refractivity contribution in [3.63, 3.8) is 0 Å². The molecule has 1 saturated heterocycles. The van der Waals surface area contributed by atoms with Gasteiger partial charge in [-0.05, 0) is 67.1 Å². The highest BCUT2D eigenvalue weighted by Gasteiger charge is 2.22. The average Bonchev–Trinajstić information content (AvgIpc) is 3.07. The molecule has 0 unspecified atom stereocenters. The van der Waals surface area contributed by atoms with Crippen LogP contribution in [0, 0.1) is 11.8 Å². The van der Waals surface area contributed by atoms with Gasteiger partial charge in [-0.2, -0.15) is 11.3 Å². The summed E-state index contributed by atoms with van der Waals surface area (Å²) in [7, 11) is 0. The highest BCUT2D eigenvalue weighted by atomic mass is 32.1. The number of hydrogen-bond acceptors (Lipinski definition) is 3. The zero-order chi connectivity index (χ0) is 16.5. The normalized spacial score (nSPS) is 16.8. The molecule has 3 nitrogen and oxygen atoms in total. The minimum atomic E-state index is 0.226. The third-order valence-corrected chi connectivity index (χ3v) is 5.64. The first-order valence-corrected chi connectivity index (χ1v) is 10.2. The van der Waals surface area contributed by atoms with Crippen molar-refractivity contribution in [3.8, 4) is 0 Å². The van der Waals surface area contributed by atoms with E-state index in [1.807, 2.05) is 0 Å². The molecule has 0 bridgehead atoms. The van der Waals surface area contributed by atoms with E-state index in [-0.39, 0.29) is 11.8 Å². The van der Waals surface area contributed by atoms with Gasteiger partial charge in [0.2, 0.25) is 5.91 Å². The monoisotopic (exact) mass is 336 g/mol. The highest BCUT2D eigenvalue weighted by Crippen LogP contribution is 2.20. The van der Waals surface area contributed by atoms with Crippen LogP contribution in [0.1, 0.15) is 57.9 Å². The molecule has 2 rings (SSSR count). The van der Waals surface area contributed by atoms with Gasteiger partial charge in [0.25, 0.3) is 0 Å². The predicted molar refractivity (Wildman–Crippen MR) is 98.6 cm³/mol. The van der Waals surface area contributed by atoms with Gasteiger partial charge in [-0.3, -0.25) is 9.69 Å². The number of nitrogens with zero attached hydrogens (tertiary/aromatic N) is 1. The maximum absolute atomic E-state index is 12.3. The summed E-state index contributed by atoms with van der Waals surface area (Å²) >= 11 is 1.78. The van der Waals surface area contributed by atoms with Crippen LogP contribution in [0.5, 0.6) is 0 Å². The minimum Gasteiger partial charge on any atom is -0.356 e. The molecule has 0 aromatic carbocycles. The Labute approximate surface area is 145 Å². The van der Waals surface area contributed by atoms with Crippen molar-refractivity contribution in [2.75, 3.05) is 19.6 Å². The van der Waals surface area contributed by atoms with Gasteiger partial charge < -0.3 is 5.32 Å². The molecule has 0 atom stereocenters. The second-order valence-electron chi connectivity index (χ2n) is 6.87. The Bertz CT molecular complexity index is 432. The van der Waals surface area contributed by atoms with Crippen LogP contribution < -0.4 is 5.32 Å². The maximum atomic E-state index is 12.3. The average molecular weight is 337 g/mol. The van der Waals surface area contributed by atoms with Crippen LogP contribution in [0.25, 0.3) is 0 Å². The van der Waals surface area contributed by atoms with E-state index in [0.717, 1.165) is 51.9 Å². The number of carbonyl (C=O) groups is 1. The van der Waals surface area contributed by atoms with Crippen molar-refractivity contribution < 1.29 is 4.79 Å². The molecule has 4 heteroatoms. The zero-order valence-corrected chi connectivity index (χ0v) is 15.5. The Kier molecular flexibility index (Phi) is 8.10. The minimum absolute atomic E-state index is 0.226. The molecular weight excluding hydrogens is 304 g/mol. The third-order valence-electron chi connectivity index (χ3n) is 4.90. The molecule has 0 spiro atoms. The van der Waals surface area contributed by atoms with Crippen LogP contribution in [-0.2, 0) is 11.3 Å². The lowest BCUT2D eigenvalue weighted by Crippen LogP contribution is -2.40. The summed E-state index contributed by atoms with van der Waals surface area (Å²) in [4.78, 5) is 14.9. The van der Waals surface area contributed by atoms with E-state index in [1.165, 1.54) is 18.4 Å². The van der Waals surface area contributed by atoms with Gasteiger partial charge in [0.15, 0.2) is 0 Å². The quantitative estimate of drug-likeness (QED) is 0.729. The molecule has 0 aliphatic carbocycles. The molecule has 1 aliphatic heterocycles. The molecule has 1 amide bonds. The lowest BCUT2D eigenvalue weighted by molar-refractivity contribution is -0.125. The SMILES string of the molecule is CCCC(CCC)C(=O)NCC1CCN(Cc2ccsc2)CC1. The second kappa shape index (κ2) is 10.1. The molecule has 2 heterocycles. The third kappa shape index (κ3) is 6.27. The summed E-state index contributed by atoms with van der Waals surface area (Å²) in [5, 5.41) is 7.62. The first-order valence-electron chi connectivity index (χ1n) is 9.24. The molecule has 0 saturated carbocycles. The van der Waals surface area contributed by atoms with Gasteiger partial charge in [0, 0.05) is 19.0 Å². The van der Waals surface area contributed by atoms with Crippen LogP contribution >= 0.6 is 11.3 Å². The molecule has 1 aromatic rings. The summed E-state index contributed by atoms with van der Waals surface area (Å²) in [5.74, 6) is 1.17. The fourth-order valence-electron chi connectivity index (χ4n) is 3.48. The number of amides is 1. The van der Waals surface area contributed by atoms with Crippen LogP contribution in [0.2, 0.25) is 0 Å². The first kappa shape index (κ1) is 18.5. The van der Waals surface area contributed by atoms with Gasteiger partial charge in [0.05, 0.1) is 0 Å². The number of thiophene rings is 1. The maximum Gasteiger partial charge on any atom is 0.223 e. The largest absolute Gasteiger partial charge is 0.356 e. The number of piperidine rings is 1. The summed E-state index contributed by atoms with van der Waals surface area (Å²) in [5.41, 5.74) is 1.43. The van der Waals surface area contributed by atoms with E-state index in [9.17, 15) is 4.79 Å². The standard InChI is InChI=1S/C19H32N2OS/c1-3-5-18(6-4-2)19(22)20-13-16-7-10-21(11-8-16)14-17-9-12-23-15-17/h9,12,15-16,18H,3-8,10-11,13-14H2,1-2H3,(H,20,22). The van der Waals surface area contributed by atoms with Gasteiger partial charge in [-0.1, -0.05) is 26.7 Å². The number of nitrogens with one attached hydrogen (secondary N) is 1. The fraction of sp³-hybridized carbons (Fsp3) is 0.737. The lowest BCUT2D eigenvalue weighted by Gasteiger charge is -2.32.